The van der Waals surface area contributed by atoms with Gasteiger partial charge in [0.15, 0.2) is 23.0 Å². The summed E-state index contributed by atoms with van der Waals surface area (Å²) in [5, 5.41) is 39.6. The van der Waals surface area contributed by atoms with Gasteiger partial charge in [0, 0.05) is 5.92 Å². The van der Waals surface area contributed by atoms with Gasteiger partial charge in [-0.2, -0.15) is 0 Å². The Morgan fingerprint density at radius 2 is 1.08 bits per heavy atom. The van der Waals surface area contributed by atoms with Crippen molar-refractivity contribution in [3.8, 4) is 23.0 Å². The fourth-order valence-corrected chi connectivity index (χ4v) is 3.38. The van der Waals surface area contributed by atoms with E-state index in [0.717, 1.165) is 27.8 Å². The van der Waals surface area contributed by atoms with Crippen LogP contribution in [-0.4, -0.2) is 20.4 Å². The largest absolute Gasteiger partial charge is 0.504 e. The van der Waals surface area contributed by atoms with Gasteiger partial charge >= 0.3 is 0 Å². The van der Waals surface area contributed by atoms with Gasteiger partial charge in [-0.15, -0.1) is 0 Å². The van der Waals surface area contributed by atoms with Crippen LogP contribution in [0.1, 0.15) is 33.7 Å². The molecule has 0 fully saturated rings. The number of phenols is 4. The van der Waals surface area contributed by atoms with Crippen molar-refractivity contribution in [3.05, 3.63) is 82.4 Å². The summed E-state index contributed by atoms with van der Waals surface area (Å²) in [7, 11) is 0. The molecule has 0 bridgehead atoms. The maximum atomic E-state index is 10.0. The molecule has 0 amide bonds. The van der Waals surface area contributed by atoms with E-state index in [4.69, 9.17) is 0 Å². The van der Waals surface area contributed by atoms with E-state index in [9.17, 15) is 20.4 Å². The highest BCUT2D eigenvalue weighted by Gasteiger charge is 2.22. The first kappa shape index (κ1) is 17.7. The van der Waals surface area contributed by atoms with E-state index in [1.54, 1.807) is 12.1 Å². The Morgan fingerprint density at radius 3 is 1.54 bits per heavy atom. The average molecular weight is 350 g/mol. The lowest BCUT2D eigenvalue weighted by molar-refractivity contribution is 0.401. The minimum Gasteiger partial charge on any atom is -0.504 e. The number of hydrogen-bond acceptors (Lipinski definition) is 4. The SMILES string of the molecule is Cc1cc(O)c(O)cc1C(Cc1ccccc1)c1cc(O)c(O)cc1C. The van der Waals surface area contributed by atoms with Gasteiger partial charge in [-0.05, 0) is 72.4 Å². The summed E-state index contributed by atoms with van der Waals surface area (Å²) >= 11 is 0. The molecule has 0 unspecified atom stereocenters. The first-order valence-electron chi connectivity index (χ1n) is 8.45. The third kappa shape index (κ3) is 3.45. The molecule has 3 aromatic rings. The van der Waals surface area contributed by atoms with Crippen LogP contribution in [0.25, 0.3) is 0 Å². The molecule has 4 heteroatoms. The van der Waals surface area contributed by atoms with Crippen LogP contribution in [0.3, 0.4) is 0 Å². The van der Waals surface area contributed by atoms with Gasteiger partial charge in [-0.1, -0.05) is 30.3 Å². The molecule has 3 rings (SSSR count). The molecule has 0 radical (unpaired) electrons. The zero-order valence-corrected chi connectivity index (χ0v) is 14.8. The summed E-state index contributed by atoms with van der Waals surface area (Å²) in [6.45, 7) is 3.75. The fraction of sp³-hybridized carbons (Fsp3) is 0.182. The standard InChI is InChI=1S/C22H22O4/c1-13-8-19(23)21(25)11-16(13)18(10-15-6-4-3-5-7-15)17-12-22(26)20(24)9-14(17)2/h3-9,11-12,18,23-26H,10H2,1-2H3. The van der Waals surface area contributed by atoms with E-state index in [1.165, 1.54) is 12.1 Å². The molecule has 0 heterocycles. The van der Waals surface area contributed by atoms with Gasteiger partial charge in [-0.25, -0.2) is 0 Å². The molecule has 0 aromatic heterocycles. The van der Waals surface area contributed by atoms with Crippen molar-refractivity contribution in [2.45, 2.75) is 26.2 Å². The summed E-state index contributed by atoms with van der Waals surface area (Å²) in [5.41, 5.74) is 4.51. The molecular formula is C22H22O4. The van der Waals surface area contributed by atoms with Gasteiger partial charge in [0.2, 0.25) is 0 Å². The van der Waals surface area contributed by atoms with Crippen LogP contribution in [0.2, 0.25) is 0 Å². The molecule has 0 saturated heterocycles. The maximum absolute atomic E-state index is 10.0. The van der Waals surface area contributed by atoms with Crippen LogP contribution in [0.4, 0.5) is 0 Å². The topological polar surface area (TPSA) is 80.9 Å². The van der Waals surface area contributed by atoms with E-state index >= 15 is 0 Å². The predicted molar refractivity (Wildman–Crippen MR) is 101 cm³/mol. The van der Waals surface area contributed by atoms with Crippen LogP contribution in [0.5, 0.6) is 23.0 Å². The van der Waals surface area contributed by atoms with Crippen molar-refractivity contribution in [1.29, 1.82) is 0 Å². The number of aryl methyl sites for hydroxylation is 2. The fourth-order valence-electron chi connectivity index (χ4n) is 3.38. The molecule has 0 atom stereocenters. The molecule has 134 valence electrons. The van der Waals surface area contributed by atoms with Gasteiger partial charge < -0.3 is 20.4 Å². The van der Waals surface area contributed by atoms with Crippen LogP contribution in [-0.2, 0) is 6.42 Å². The molecular weight excluding hydrogens is 328 g/mol. The zero-order chi connectivity index (χ0) is 18.8. The molecule has 0 aliphatic rings. The Labute approximate surface area is 152 Å². The minimum atomic E-state index is -0.177. The van der Waals surface area contributed by atoms with Crippen LogP contribution < -0.4 is 0 Å². The third-order valence-electron chi connectivity index (χ3n) is 4.76. The molecule has 4 nitrogen and oxygen atoms in total. The smallest absolute Gasteiger partial charge is 0.157 e. The number of phenolic OH excluding ortho intramolecular Hbond substituents is 4. The van der Waals surface area contributed by atoms with Crippen molar-refractivity contribution >= 4 is 0 Å². The van der Waals surface area contributed by atoms with Crippen molar-refractivity contribution in [3.63, 3.8) is 0 Å². The second-order valence-corrected chi connectivity index (χ2v) is 6.64. The van der Waals surface area contributed by atoms with Gasteiger partial charge in [0.1, 0.15) is 0 Å². The second-order valence-electron chi connectivity index (χ2n) is 6.64. The normalized spacial score (nSPS) is 11.0. The van der Waals surface area contributed by atoms with Gasteiger partial charge in [-0.3, -0.25) is 0 Å². The highest BCUT2D eigenvalue weighted by molar-refractivity contribution is 5.53. The highest BCUT2D eigenvalue weighted by atomic mass is 16.3. The molecule has 4 N–H and O–H groups in total. The molecule has 0 aliphatic heterocycles. The summed E-state index contributed by atoms with van der Waals surface area (Å²) in [6, 6.07) is 16.2. The lowest BCUT2D eigenvalue weighted by Crippen LogP contribution is -2.09. The van der Waals surface area contributed by atoms with Crippen molar-refractivity contribution < 1.29 is 20.4 Å². The van der Waals surface area contributed by atoms with Crippen LogP contribution in [0, 0.1) is 13.8 Å². The molecule has 26 heavy (non-hydrogen) atoms. The Kier molecular flexibility index (Phi) is 4.76. The lowest BCUT2D eigenvalue weighted by atomic mass is 9.81. The quantitative estimate of drug-likeness (QED) is 0.522. The average Bonchev–Trinajstić information content (AvgIpc) is 2.61. The summed E-state index contributed by atoms with van der Waals surface area (Å²) < 4.78 is 0. The predicted octanol–water partition coefficient (Wildman–Crippen LogP) is 4.50. The summed E-state index contributed by atoms with van der Waals surface area (Å²) in [4.78, 5) is 0. The third-order valence-corrected chi connectivity index (χ3v) is 4.76. The number of benzene rings is 3. The molecule has 0 aliphatic carbocycles. The van der Waals surface area contributed by atoms with Crippen LogP contribution >= 0.6 is 0 Å². The van der Waals surface area contributed by atoms with E-state index in [-0.39, 0.29) is 28.9 Å². The monoisotopic (exact) mass is 350 g/mol. The Bertz CT molecular complexity index is 875. The number of aromatic hydroxyl groups is 4. The zero-order valence-electron chi connectivity index (χ0n) is 14.8. The summed E-state index contributed by atoms with van der Waals surface area (Å²) in [6.07, 6.45) is 0.650. The molecule has 3 aromatic carbocycles. The first-order valence-corrected chi connectivity index (χ1v) is 8.45. The van der Waals surface area contributed by atoms with Crippen LogP contribution in [0.15, 0.2) is 54.6 Å². The van der Waals surface area contributed by atoms with E-state index in [0.29, 0.717) is 6.42 Å². The molecule has 0 spiro atoms. The number of rotatable bonds is 4. The van der Waals surface area contributed by atoms with Gasteiger partial charge in [0.05, 0.1) is 0 Å². The van der Waals surface area contributed by atoms with Crippen molar-refractivity contribution in [1.82, 2.24) is 0 Å². The Morgan fingerprint density at radius 1 is 0.654 bits per heavy atom. The Balaban J connectivity index is 2.17. The highest BCUT2D eigenvalue weighted by Crippen LogP contribution is 2.40. The van der Waals surface area contributed by atoms with Crippen molar-refractivity contribution in [2.75, 3.05) is 0 Å². The maximum Gasteiger partial charge on any atom is 0.157 e. The van der Waals surface area contributed by atoms with E-state index < -0.39 is 0 Å². The van der Waals surface area contributed by atoms with E-state index in [2.05, 4.69) is 0 Å². The van der Waals surface area contributed by atoms with Gasteiger partial charge in [0.25, 0.3) is 0 Å². The second kappa shape index (κ2) is 7.00. The van der Waals surface area contributed by atoms with Crippen molar-refractivity contribution in [2.24, 2.45) is 0 Å². The molecule has 0 saturated carbocycles. The first-order chi connectivity index (χ1) is 12.4. The number of hydrogen-bond donors (Lipinski definition) is 4. The summed E-state index contributed by atoms with van der Waals surface area (Å²) in [5.74, 6) is -0.825. The van der Waals surface area contributed by atoms with E-state index in [1.807, 2.05) is 44.2 Å². The minimum absolute atomic E-state index is 0.157. The lowest BCUT2D eigenvalue weighted by Gasteiger charge is -2.23. The Hall–Kier alpha value is -3.14.